The maximum atomic E-state index is 11.1. The first kappa shape index (κ1) is 16.7. The second-order valence-electron chi connectivity index (χ2n) is 5.60. The molecule has 0 aromatic heterocycles. The highest BCUT2D eigenvalue weighted by Gasteiger charge is 2.21. The molecule has 0 aliphatic heterocycles. The van der Waals surface area contributed by atoms with Gasteiger partial charge in [-0.2, -0.15) is 0 Å². The Hall–Kier alpha value is -2.31. The lowest BCUT2D eigenvalue weighted by Crippen LogP contribution is -2.36. The van der Waals surface area contributed by atoms with Crippen molar-refractivity contribution in [2.75, 3.05) is 17.2 Å². The predicted molar refractivity (Wildman–Crippen MR) is 83.4 cm³/mol. The second kappa shape index (κ2) is 6.92. The molecule has 7 nitrogen and oxygen atoms in total. The summed E-state index contributed by atoms with van der Waals surface area (Å²) < 4.78 is 0. The molecule has 0 atom stereocenters. The first-order valence-electron chi connectivity index (χ1n) is 6.83. The number of nitro benzene ring substituents is 1. The number of hydrogen-bond acceptors (Lipinski definition) is 5. The highest BCUT2D eigenvalue weighted by Crippen LogP contribution is 2.27. The van der Waals surface area contributed by atoms with Crippen LogP contribution in [0.25, 0.3) is 0 Å². The molecule has 1 amide bonds. The zero-order valence-electron chi connectivity index (χ0n) is 12.6. The summed E-state index contributed by atoms with van der Waals surface area (Å²) in [6.45, 7) is 6.37. The van der Waals surface area contributed by atoms with E-state index in [2.05, 4.69) is 10.6 Å². The zero-order valence-corrected chi connectivity index (χ0v) is 12.6. The Morgan fingerprint density at radius 1 is 1.33 bits per heavy atom. The summed E-state index contributed by atoms with van der Waals surface area (Å²) in [4.78, 5) is 21.6. The number of nitrogens with zero attached hydrogens (tertiary/aromatic N) is 1. The Bertz CT molecular complexity index is 529. The van der Waals surface area contributed by atoms with E-state index in [1.807, 2.05) is 20.8 Å². The summed E-state index contributed by atoms with van der Waals surface area (Å²) in [6.07, 6.45) is 1.05. The number of carbonyl (C=O) groups is 1. The summed E-state index contributed by atoms with van der Waals surface area (Å²) in [5.41, 5.74) is 5.87. The fourth-order valence-electron chi connectivity index (χ4n) is 2.03. The molecular formula is C14H22N4O3. The van der Waals surface area contributed by atoms with E-state index in [-0.39, 0.29) is 12.1 Å². The fourth-order valence-corrected chi connectivity index (χ4v) is 2.03. The number of nitro groups is 1. The molecule has 0 radical (unpaired) electrons. The number of nitrogens with one attached hydrogen (secondary N) is 2. The van der Waals surface area contributed by atoms with Crippen LogP contribution in [0.15, 0.2) is 18.2 Å². The van der Waals surface area contributed by atoms with E-state index in [9.17, 15) is 14.9 Å². The molecule has 0 saturated heterocycles. The molecule has 0 fully saturated rings. The normalized spacial score (nSPS) is 11.0. The summed E-state index contributed by atoms with van der Waals surface area (Å²) in [7, 11) is 0. The number of primary amides is 1. The number of non-ortho nitro benzene ring substituents is 1. The van der Waals surface area contributed by atoms with E-state index in [1.54, 1.807) is 6.07 Å². The molecule has 7 heteroatoms. The van der Waals surface area contributed by atoms with Gasteiger partial charge in [0, 0.05) is 42.0 Å². The van der Waals surface area contributed by atoms with Crippen molar-refractivity contribution in [2.24, 2.45) is 5.73 Å². The quantitative estimate of drug-likeness (QED) is 0.504. The van der Waals surface area contributed by atoms with Gasteiger partial charge < -0.3 is 16.4 Å². The van der Waals surface area contributed by atoms with Crippen LogP contribution in [0.1, 0.15) is 33.6 Å². The maximum Gasteiger partial charge on any atom is 0.273 e. The number of benzene rings is 1. The molecule has 116 valence electrons. The van der Waals surface area contributed by atoms with Gasteiger partial charge in [-0.15, -0.1) is 0 Å². The molecule has 0 heterocycles. The van der Waals surface area contributed by atoms with E-state index >= 15 is 0 Å². The summed E-state index contributed by atoms with van der Waals surface area (Å²) in [5, 5.41) is 17.2. The van der Waals surface area contributed by atoms with Crippen LogP contribution in [0.2, 0.25) is 0 Å². The molecule has 0 bridgehead atoms. The predicted octanol–water partition coefficient (Wildman–Crippen LogP) is 2.48. The average molecular weight is 294 g/mol. The molecule has 0 saturated carbocycles. The van der Waals surface area contributed by atoms with Gasteiger partial charge in [0.2, 0.25) is 5.91 Å². The lowest BCUT2D eigenvalue weighted by molar-refractivity contribution is -0.384. The molecule has 0 aliphatic rings. The van der Waals surface area contributed by atoms with Crippen molar-refractivity contribution in [3.8, 4) is 0 Å². The highest BCUT2D eigenvalue weighted by molar-refractivity contribution is 5.76. The van der Waals surface area contributed by atoms with Crippen molar-refractivity contribution >= 4 is 23.0 Å². The van der Waals surface area contributed by atoms with Gasteiger partial charge in [-0.25, -0.2) is 0 Å². The third-order valence-electron chi connectivity index (χ3n) is 2.81. The minimum absolute atomic E-state index is 0.00604. The third kappa shape index (κ3) is 5.68. The Kier molecular flexibility index (Phi) is 5.52. The van der Waals surface area contributed by atoms with Gasteiger partial charge in [-0.05, 0) is 26.3 Å². The van der Waals surface area contributed by atoms with Crippen LogP contribution in [0.4, 0.5) is 17.1 Å². The third-order valence-corrected chi connectivity index (χ3v) is 2.81. The lowest BCUT2D eigenvalue weighted by Gasteiger charge is -2.26. The number of nitrogens with two attached hydrogens (primary N) is 1. The van der Waals surface area contributed by atoms with Gasteiger partial charge >= 0.3 is 0 Å². The second-order valence-corrected chi connectivity index (χ2v) is 5.60. The molecule has 0 spiro atoms. The standard InChI is InChI=1S/C14H22N4O3/c1-4-5-16-10-6-11(8-12(7-10)18(20)21)17-14(2,3)9-13(15)19/h6-8,16-17H,4-5,9H2,1-3H3,(H2,15,19). The number of hydrogen-bond donors (Lipinski definition) is 3. The number of anilines is 2. The Morgan fingerprint density at radius 3 is 2.48 bits per heavy atom. The van der Waals surface area contributed by atoms with Gasteiger partial charge in [0.1, 0.15) is 0 Å². The molecule has 0 unspecified atom stereocenters. The number of carbonyl (C=O) groups excluding carboxylic acids is 1. The number of amides is 1. The van der Waals surface area contributed by atoms with Crippen LogP contribution < -0.4 is 16.4 Å². The van der Waals surface area contributed by atoms with E-state index in [1.165, 1.54) is 12.1 Å². The monoisotopic (exact) mass is 294 g/mol. The SMILES string of the molecule is CCCNc1cc(NC(C)(C)CC(N)=O)cc([N+](=O)[O-])c1. The molecule has 0 aliphatic carbocycles. The Balaban J connectivity index is 3.02. The van der Waals surface area contributed by atoms with Crippen molar-refractivity contribution in [1.82, 2.24) is 0 Å². The van der Waals surface area contributed by atoms with Gasteiger partial charge in [0.25, 0.3) is 5.69 Å². The molecule has 4 N–H and O–H groups in total. The van der Waals surface area contributed by atoms with Crippen molar-refractivity contribution in [3.63, 3.8) is 0 Å². The van der Waals surface area contributed by atoms with Gasteiger partial charge in [-0.3, -0.25) is 14.9 Å². The van der Waals surface area contributed by atoms with Gasteiger partial charge in [0.05, 0.1) is 4.92 Å². The van der Waals surface area contributed by atoms with Crippen molar-refractivity contribution in [1.29, 1.82) is 0 Å². The highest BCUT2D eigenvalue weighted by atomic mass is 16.6. The Morgan fingerprint density at radius 2 is 1.95 bits per heavy atom. The average Bonchev–Trinajstić information content (AvgIpc) is 2.33. The summed E-state index contributed by atoms with van der Waals surface area (Å²) in [5.74, 6) is -0.428. The topological polar surface area (TPSA) is 110 Å². The fraction of sp³-hybridized carbons (Fsp3) is 0.500. The van der Waals surface area contributed by atoms with E-state index < -0.39 is 16.4 Å². The first-order valence-corrected chi connectivity index (χ1v) is 6.83. The van der Waals surface area contributed by atoms with Crippen molar-refractivity contribution in [3.05, 3.63) is 28.3 Å². The minimum atomic E-state index is -0.580. The van der Waals surface area contributed by atoms with E-state index in [0.717, 1.165) is 13.0 Å². The minimum Gasteiger partial charge on any atom is -0.385 e. The van der Waals surface area contributed by atoms with Crippen LogP contribution >= 0.6 is 0 Å². The summed E-state index contributed by atoms with van der Waals surface area (Å²) >= 11 is 0. The zero-order chi connectivity index (χ0) is 16.0. The van der Waals surface area contributed by atoms with Crippen LogP contribution in [0.3, 0.4) is 0 Å². The molecule has 21 heavy (non-hydrogen) atoms. The molecule has 1 aromatic carbocycles. The molecule has 1 aromatic rings. The van der Waals surface area contributed by atoms with Crippen LogP contribution in [-0.2, 0) is 4.79 Å². The smallest absolute Gasteiger partial charge is 0.273 e. The van der Waals surface area contributed by atoms with Crippen molar-refractivity contribution in [2.45, 2.75) is 39.2 Å². The van der Waals surface area contributed by atoms with E-state index in [0.29, 0.717) is 11.4 Å². The molecule has 1 rings (SSSR count). The Labute approximate surface area is 124 Å². The van der Waals surface area contributed by atoms with Gasteiger partial charge in [-0.1, -0.05) is 6.92 Å². The summed E-state index contributed by atoms with van der Waals surface area (Å²) in [6, 6.07) is 4.72. The largest absolute Gasteiger partial charge is 0.385 e. The van der Waals surface area contributed by atoms with E-state index in [4.69, 9.17) is 5.73 Å². The van der Waals surface area contributed by atoms with Crippen molar-refractivity contribution < 1.29 is 9.72 Å². The number of rotatable bonds is 8. The van der Waals surface area contributed by atoms with Crippen LogP contribution in [-0.4, -0.2) is 22.9 Å². The maximum absolute atomic E-state index is 11.1. The van der Waals surface area contributed by atoms with Gasteiger partial charge in [0.15, 0.2) is 0 Å². The molecular weight excluding hydrogens is 272 g/mol. The lowest BCUT2D eigenvalue weighted by atomic mass is 9.99. The van der Waals surface area contributed by atoms with Crippen LogP contribution in [0.5, 0.6) is 0 Å². The van der Waals surface area contributed by atoms with Crippen LogP contribution in [0, 0.1) is 10.1 Å². The first-order chi connectivity index (χ1) is 9.73.